The Morgan fingerprint density at radius 3 is 2.50 bits per heavy atom. The summed E-state index contributed by atoms with van der Waals surface area (Å²) >= 11 is 7.30. The quantitative estimate of drug-likeness (QED) is 0.563. The Labute approximate surface area is 195 Å². The van der Waals surface area contributed by atoms with Crippen LogP contribution in [0.25, 0.3) is 0 Å². The largest absolute Gasteiger partial charge is 0.368 e. The summed E-state index contributed by atoms with van der Waals surface area (Å²) < 4.78 is 41.7. The highest BCUT2D eigenvalue weighted by molar-refractivity contribution is 7.89. The highest BCUT2D eigenvalue weighted by atomic mass is 35.5. The van der Waals surface area contributed by atoms with Gasteiger partial charge in [-0.1, -0.05) is 29.8 Å². The Kier molecular flexibility index (Phi) is 6.52. The molecule has 1 aromatic heterocycles. The minimum atomic E-state index is -3.87. The SMILES string of the molecule is Cc1ccc(NC(=O)c2sccc2S(=O)(=O)N2CCN(c3ccccc3Cl)CC2)cc1F. The number of sulfonamides is 1. The van der Waals surface area contributed by atoms with Crippen LogP contribution in [0.1, 0.15) is 15.2 Å². The van der Waals surface area contributed by atoms with Crippen LogP contribution in [0, 0.1) is 12.7 Å². The molecule has 0 spiro atoms. The van der Waals surface area contributed by atoms with Gasteiger partial charge in [0.05, 0.1) is 10.7 Å². The van der Waals surface area contributed by atoms with Gasteiger partial charge < -0.3 is 10.2 Å². The fourth-order valence-corrected chi connectivity index (χ4v) is 6.51. The molecule has 1 amide bonds. The summed E-state index contributed by atoms with van der Waals surface area (Å²) in [6.45, 7) is 3.13. The van der Waals surface area contributed by atoms with Gasteiger partial charge in [0.2, 0.25) is 10.0 Å². The van der Waals surface area contributed by atoms with E-state index in [4.69, 9.17) is 11.6 Å². The lowest BCUT2D eigenvalue weighted by Gasteiger charge is -2.35. The van der Waals surface area contributed by atoms with Gasteiger partial charge in [0.1, 0.15) is 15.6 Å². The third kappa shape index (κ3) is 4.52. The van der Waals surface area contributed by atoms with Crippen molar-refractivity contribution in [3.05, 3.63) is 75.2 Å². The van der Waals surface area contributed by atoms with Crippen molar-refractivity contribution < 1.29 is 17.6 Å². The number of carbonyl (C=O) groups excluding carboxylic acids is 1. The second-order valence-electron chi connectivity index (χ2n) is 7.37. The van der Waals surface area contributed by atoms with Gasteiger partial charge in [-0.2, -0.15) is 4.31 Å². The molecule has 1 aliphatic heterocycles. The molecule has 1 saturated heterocycles. The lowest BCUT2D eigenvalue weighted by Crippen LogP contribution is -2.48. The second-order valence-corrected chi connectivity index (χ2v) is 10.6. The third-order valence-corrected chi connectivity index (χ3v) is 8.62. The van der Waals surface area contributed by atoms with Gasteiger partial charge in [-0.15, -0.1) is 11.3 Å². The number of halogens is 2. The number of anilines is 2. The standard InChI is InChI=1S/C22H21ClFN3O3S2/c1-15-6-7-16(14-18(15)24)25-22(28)21-20(8-13-31-21)32(29,30)27-11-9-26(10-12-27)19-5-3-2-4-17(19)23/h2-8,13-14H,9-12H2,1H3,(H,25,28). The van der Waals surface area contributed by atoms with E-state index in [0.717, 1.165) is 17.0 Å². The molecule has 1 fully saturated rings. The predicted octanol–water partition coefficient (Wildman–Crippen LogP) is 4.61. The molecule has 6 nitrogen and oxygen atoms in total. The number of nitrogens with zero attached hydrogens (tertiary/aromatic N) is 2. The zero-order valence-electron chi connectivity index (χ0n) is 17.2. The maximum atomic E-state index is 13.8. The van der Waals surface area contributed by atoms with Gasteiger partial charge in [0.25, 0.3) is 5.91 Å². The van der Waals surface area contributed by atoms with Gasteiger partial charge in [-0.25, -0.2) is 12.8 Å². The average molecular weight is 494 g/mol. The Morgan fingerprint density at radius 2 is 1.81 bits per heavy atom. The highest BCUT2D eigenvalue weighted by Gasteiger charge is 2.33. The van der Waals surface area contributed by atoms with Gasteiger partial charge in [-0.3, -0.25) is 4.79 Å². The van der Waals surface area contributed by atoms with Crippen LogP contribution in [0.15, 0.2) is 58.8 Å². The van der Waals surface area contributed by atoms with E-state index in [1.165, 1.54) is 16.4 Å². The number of hydrogen-bond acceptors (Lipinski definition) is 5. The Balaban J connectivity index is 1.49. The molecule has 0 atom stereocenters. The van der Waals surface area contributed by atoms with E-state index in [2.05, 4.69) is 5.32 Å². The van der Waals surface area contributed by atoms with E-state index in [0.29, 0.717) is 23.7 Å². The number of rotatable bonds is 5. The number of amides is 1. The molecule has 1 aliphatic rings. The van der Waals surface area contributed by atoms with Crippen LogP contribution in [0.3, 0.4) is 0 Å². The number of piperazine rings is 1. The van der Waals surface area contributed by atoms with Crippen molar-refractivity contribution in [1.29, 1.82) is 0 Å². The van der Waals surface area contributed by atoms with E-state index >= 15 is 0 Å². The Bertz CT molecular complexity index is 1250. The lowest BCUT2D eigenvalue weighted by molar-refractivity contribution is 0.102. The van der Waals surface area contributed by atoms with Crippen LogP contribution >= 0.6 is 22.9 Å². The molecule has 0 aliphatic carbocycles. The molecule has 0 saturated carbocycles. The zero-order chi connectivity index (χ0) is 22.9. The molecule has 0 radical (unpaired) electrons. The number of para-hydroxylation sites is 1. The van der Waals surface area contributed by atoms with E-state index in [1.54, 1.807) is 30.5 Å². The summed E-state index contributed by atoms with van der Waals surface area (Å²) in [4.78, 5) is 14.8. The highest BCUT2D eigenvalue weighted by Crippen LogP contribution is 2.30. The summed E-state index contributed by atoms with van der Waals surface area (Å²) in [5.41, 5.74) is 1.59. The normalized spacial score (nSPS) is 15.0. The molecular weight excluding hydrogens is 473 g/mol. The zero-order valence-corrected chi connectivity index (χ0v) is 19.6. The third-order valence-electron chi connectivity index (χ3n) is 5.31. The first-order valence-corrected chi connectivity index (χ1v) is 12.6. The number of aryl methyl sites for hydroxylation is 1. The predicted molar refractivity (Wildman–Crippen MR) is 126 cm³/mol. The summed E-state index contributed by atoms with van der Waals surface area (Å²) in [5.74, 6) is -1.03. The van der Waals surface area contributed by atoms with E-state index in [9.17, 15) is 17.6 Å². The Morgan fingerprint density at radius 1 is 1.09 bits per heavy atom. The monoisotopic (exact) mass is 493 g/mol. The molecule has 32 heavy (non-hydrogen) atoms. The molecule has 0 bridgehead atoms. The fourth-order valence-electron chi connectivity index (χ4n) is 3.54. The molecule has 1 N–H and O–H groups in total. The van der Waals surface area contributed by atoms with E-state index < -0.39 is 21.7 Å². The van der Waals surface area contributed by atoms with Crippen molar-refractivity contribution in [1.82, 2.24) is 4.31 Å². The van der Waals surface area contributed by atoms with Crippen LogP contribution in [-0.2, 0) is 10.0 Å². The smallest absolute Gasteiger partial charge is 0.267 e. The number of carbonyl (C=O) groups is 1. The maximum Gasteiger partial charge on any atom is 0.267 e. The molecule has 4 rings (SSSR count). The van der Waals surface area contributed by atoms with Gasteiger partial charge in [0, 0.05) is 31.9 Å². The first kappa shape index (κ1) is 22.7. The molecule has 10 heteroatoms. The van der Waals surface area contributed by atoms with Crippen LogP contribution in [0.5, 0.6) is 0 Å². The van der Waals surface area contributed by atoms with Gasteiger partial charge in [0.15, 0.2) is 0 Å². The molecule has 3 aromatic rings. The van der Waals surface area contributed by atoms with Crippen LogP contribution in [-0.4, -0.2) is 44.8 Å². The lowest BCUT2D eigenvalue weighted by atomic mass is 10.2. The van der Waals surface area contributed by atoms with Gasteiger partial charge >= 0.3 is 0 Å². The van der Waals surface area contributed by atoms with Crippen LogP contribution < -0.4 is 10.2 Å². The summed E-state index contributed by atoms with van der Waals surface area (Å²) in [5, 5.41) is 4.77. The minimum absolute atomic E-state index is 0.0428. The molecule has 168 valence electrons. The Hall–Kier alpha value is -2.46. The van der Waals surface area contributed by atoms with Crippen molar-refractivity contribution >= 4 is 50.2 Å². The van der Waals surface area contributed by atoms with Crippen molar-refractivity contribution in [3.8, 4) is 0 Å². The van der Waals surface area contributed by atoms with Crippen molar-refractivity contribution in [2.45, 2.75) is 11.8 Å². The first-order valence-electron chi connectivity index (χ1n) is 9.92. The van der Waals surface area contributed by atoms with Crippen LogP contribution in [0.2, 0.25) is 5.02 Å². The number of benzene rings is 2. The molecule has 2 aromatic carbocycles. The topological polar surface area (TPSA) is 69.7 Å². The summed E-state index contributed by atoms with van der Waals surface area (Å²) in [7, 11) is -3.87. The summed E-state index contributed by atoms with van der Waals surface area (Å²) in [6.07, 6.45) is 0. The van der Waals surface area contributed by atoms with Crippen molar-refractivity contribution in [3.63, 3.8) is 0 Å². The number of thiophene rings is 1. The minimum Gasteiger partial charge on any atom is -0.368 e. The molecule has 0 unspecified atom stereocenters. The fraction of sp³-hybridized carbons (Fsp3) is 0.227. The molecule has 2 heterocycles. The van der Waals surface area contributed by atoms with E-state index in [1.807, 2.05) is 23.1 Å². The number of nitrogens with one attached hydrogen (secondary N) is 1. The number of hydrogen-bond donors (Lipinski definition) is 1. The maximum absolute atomic E-state index is 13.8. The molecular formula is C22H21ClFN3O3S2. The summed E-state index contributed by atoms with van der Waals surface area (Å²) in [6, 6.07) is 13.2. The van der Waals surface area contributed by atoms with Crippen LogP contribution in [0.4, 0.5) is 15.8 Å². The average Bonchev–Trinajstić information content (AvgIpc) is 3.28. The van der Waals surface area contributed by atoms with E-state index in [-0.39, 0.29) is 28.5 Å². The van der Waals surface area contributed by atoms with Gasteiger partial charge in [-0.05, 0) is 48.2 Å². The van der Waals surface area contributed by atoms with Crippen molar-refractivity contribution in [2.24, 2.45) is 0 Å². The van der Waals surface area contributed by atoms with Crippen molar-refractivity contribution in [2.75, 3.05) is 36.4 Å². The first-order chi connectivity index (χ1) is 15.3. The second kappa shape index (κ2) is 9.19.